The highest BCUT2D eigenvalue weighted by Gasteiger charge is 2.31. The highest BCUT2D eigenvalue weighted by Crippen LogP contribution is 2.29. The smallest absolute Gasteiger partial charge is 0.408 e. The van der Waals surface area contributed by atoms with Gasteiger partial charge in [-0.1, -0.05) is 17.3 Å². The molecule has 1 amide bonds. The third-order valence-corrected chi connectivity index (χ3v) is 5.76. The topological polar surface area (TPSA) is 104 Å². The van der Waals surface area contributed by atoms with Crippen LogP contribution in [0.25, 0.3) is 11.1 Å². The summed E-state index contributed by atoms with van der Waals surface area (Å²) < 4.78 is 17.6. The van der Waals surface area contributed by atoms with E-state index in [9.17, 15) is 9.59 Å². The minimum absolute atomic E-state index is 0.0143. The Morgan fingerprint density at radius 3 is 2.97 bits per heavy atom. The van der Waals surface area contributed by atoms with Crippen molar-refractivity contribution in [3.63, 3.8) is 0 Å². The average Bonchev–Trinajstić information content (AvgIpc) is 3.14. The van der Waals surface area contributed by atoms with Gasteiger partial charge in [0.1, 0.15) is 6.54 Å². The molecule has 1 aliphatic heterocycles. The Balaban J connectivity index is 1.17. The summed E-state index contributed by atoms with van der Waals surface area (Å²) in [6, 6.07) is 7.09. The first-order chi connectivity index (χ1) is 14.7. The van der Waals surface area contributed by atoms with E-state index in [1.165, 1.54) is 17.4 Å². The molecule has 0 radical (unpaired) electrons. The lowest BCUT2D eigenvalue weighted by atomic mass is 10.1. The van der Waals surface area contributed by atoms with Crippen LogP contribution in [-0.2, 0) is 22.5 Å². The lowest BCUT2D eigenvalue weighted by molar-refractivity contribution is -0.130. The van der Waals surface area contributed by atoms with Gasteiger partial charge in [0.2, 0.25) is 11.8 Å². The minimum Gasteiger partial charge on any atom is -0.408 e. The number of carbonyl (C=O) groups excluding carboxylic acids is 1. The summed E-state index contributed by atoms with van der Waals surface area (Å²) in [4.78, 5) is 31.1. The highest BCUT2D eigenvalue weighted by atomic mass is 16.5. The van der Waals surface area contributed by atoms with Crippen LogP contribution < -0.4 is 5.76 Å². The van der Waals surface area contributed by atoms with Crippen LogP contribution in [-0.4, -0.2) is 51.8 Å². The zero-order chi connectivity index (χ0) is 20.5. The molecule has 3 aromatic rings. The predicted molar refractivity (Wildman–Crippen MR) is 106 cm³/mol. The van der Waals surface area contributed by atoms with Crippen molar-refractivity contribution in [1.29, 1.82) is 0 Å². The molecule has 1 unspecified atom stereocenters. The number of hydrogen-bond donors (Lipinski definition) is 0. The van der Waals surface area contributed by atoms with Gasteiger partial charge in [-0.15, -0.1) is 0 Å². The van der Waals surface area contributed by atoms with Crippen molar-refractivity contribution < 1.29 is 18.5 Å². The maximum Gasteiger partial charge on any atom is 0.420 e. The van der Waals surface area contributed by atoms with Crippen molar-refractivity contribution >= 4 is 17.0 Å². The fourth-order valence-electron chi connectivity index (χ4n) is 3.82. The first kappa shape index (κ1) is 19.0. The maximum atomic E-state index is 12.8. The summed E-state index contributed by atoms with van der Waals surface area (Å²) in [7, 11) is 0. The Bertz CT molecular complexity index is 1100. The third kappa shape index (κ3) is 4.02. The van der Waals surface area contributed by atoms with Crippen molar-refractivity contribution in [1.82, 2.24) is 19.6 Å². The van der Waals surface area contributed by atoms with E-state index in [1.807, 2.05) is 6.07 Å². The van der Waals surface area contributed by atoms with Crippen molar-refractivity contribution in [2.24, 2.45) is 5.92 Å². The monoisotopic (exact) mass is 412 g/mol. The molecule has 3 heterocycles. The molecular formula is C21H24N4O5. The van der Waals surface area contributed by atoms with Crippen LogP contribution in [0.3, 0.4) is 0 Å². The van der Waals surface area contributed by atoms with Crippen LogP contribution in [0.15, 0.2) is 38.0 Å². The first-order valence-electron chi connectivity index (χ1n) is 10.4. The molecule has 2 aliphatic rings. The predicted octanol–water partition coefficient (Wildman–Crippen LogP) is 1.96. The highest BCUT2D eigenvalue weighted by molar-refractivity contribution is 5.79. The normalized spacial score (nSPS) is 19.1. The van der Waals surface area contributed by atoms with Crippen molar-refractivity contribution in [3.05, 3.63) is 46.5 Å². The molecule has 9 nitrogen and oxygen atoms in total. The first-order valence-corrected chi connectivity index (χ1v) is 10.4. The second kappa shape index (κ2) is 8.06. The summed E-state index contributed by atoms with van der Waals surface area (Å²) in [6.45, 7) is 2.47. The average molecular weight is 412 g/mol. The van der Waals surface area contributed by atoms with Crippen LogP contribution in [0, 0.1) is 5.92 Å². The molecule has 1 atom stereocenters. The second-order valence-electron chi connectivity index (χ2n) is 8.06. The van der Waals surface area contributed by atoms with E-state index >= 15 is 0 Å². The number of fused-ring (bicyclic) bond motifs is 1. The van der Waals surface area contributed by atoms with Crippen LogP contribution in [0.5, 0.6) is 0 Å². The fraction of sp³-hybridized carbons (Fsp3) is 0.524. The van der Waals surface area contributed by atoms with Gasteiger partial charge in [-0.25, -0.2) is 4.79 Å². The molecule has 1 aliphatic carbocycles. The van der Waals surface area contributed by atoms with E-state index < -0.39 is 5.76 Å². The number of nitrogens with zero attached hydrogens (tertiary/aromatic N) is 4. The molecule has 0 N–H and O–H groups in total. The lowest BCUT2D eigenvalue weighted by Gasteiger charge is -2.15. The number of rotatable bonds is 8. The Labute approximate surface area is 172 Å². The fourth-order valence-corrected chi connectivity index (χ4v) is 3.82. The van der Waals surface area contributed by atoms with Crippen molar-refractivity contribution in [2.75, 3.05) is 26.3 Å². The second-order valence-corrected chi connectivity index (χ2v) is 8.06. The number of likely N-dealkylation sites (tertiary alicyclic amines) is 1. The Morgan fingerprint density at radius 2 is 2.10 bits per heavy atom. The summed E-state index contributed by atoms with van der Waals surface area (Å²) in [5, 5.41) is 4.04. The summed E-state index contributed by atoms with van der Waals surface area (Å²) >= 11 is 0. The van der Waals surface area contributed by atoms with Gasteiger partial charge in [0, 0.05) is 26.1 Å². The summed E-state index contributed by atoms with van der Waals surface area (Å²) in [5.74, 6) is 1.31. The molecule has 2 aromatic heterocycles. The van der Waals surface area contributed by atoms with Gasteiger partial charge in [-0.05, 0) is 37.3 Å². The van der Waals surface area contributed by atoms with Gasteiger partial charge < -0.3 is 18.6 Å². The molecule has 1 saturated carbocycles. The van der Waals surface area contributed by atoms with Crippen molar-refractivity contribution in [3.8, 4) is 0 Å². The number of ether oxygens (including phenoxy) is 1. The molecule has 0 spiro atoms. The van der Waals surface area contributed by atoms with Crippen molar-refractivity contribution in [2.45, 2.75) is 38.1 Å². The number of para-hydroxylation sites is 2. The Morgan fingerprint density at radius 1 is 1.23 bits per heavy atom. The van der Waals surface area contributed by atoms with Crippen LogP contribution in [0.1, 0.15) is 36.9 Å². The Hall–Kier alpha value is -2.94. The third-order valence-electron chi connectivity index (χ3n) is 5.76. The van der Waals surface area contributed by atoms with Crippen LogP contribution >= 0.6 is 0 Å². The molecular weight excluding hydrogens is 388 g/mol. The molecule has 0 bridgehead atoms. The molecule has 1 aromatic carbocycles. The quantitative estimate of drug-likeness (QED) is 0.521. The number of hydrogen-bond acceptors (Lipinski definition) is 7. The lowest BCUT2D eigenvalue weighted by Crippen LogP contribution is -2.34. The largest absolute Gasteiger partial charge is 0.420 e. The van der Waals surface area contributed by atoms with Gasteiger partial charge in [0.15, 0.2) is 11.4 Å². The van der Waals surface area contributed by atoms with E-state index in [0.717, 1.165) is 18.9 Å². The number of benzene rings is 1. The van der Waals surface area contributed by atoms with E-state index in [1.54, 1.807) is 23.1 Å². The zero-order valence-electron chi connectivity index (χ0n) is 16.7. The molecule has 158 valence electrons. The molecule has 30 heavy (non-hydrogen) atoms. The zero-order valence-corrected chi connectivity index (χ0v) is 16.7. The van der Waals surface area contributed by atoms with Crippen LogP contribution in [0.2, 0.25) is 0 Å². The van der Waals surface area contributed by atoms with E-state index in [2.05, 4.69) is 10.1 Å². The van der Waals surface area contributed by atoms with Crippen LogP contribution in [0.4, 0.5) is 0 Å². The summed E-state index contributed by atoms with van der Waals surface area (Å²) in [6.07, 6.45) is 3.93. The van der Waals surface area contributed by atoms with Gasteiger partial charge in [0.05, 0.1) is 18.0 Å². The summed E-state index contributed by atoms with van der Waals surface area (Å²) in [5.41, 5.74) is 1.10. The standard InChI is InChI=1S/C21H24N4O5/c26-19(12-25-16-3-1-2-4-17(16)29-21(25)27)24-9-7-15(11-24)20-22-18(23-30-20)8-10-28-13-14-5-6-14/h1-4,14-15H,5-13H2. The number of oxazole rings is 1. The molecule has 9 heteroatoms. The SMILES string of the molecule is O=C(Cn1c(=O)oc2ccccc21)N1CCC(c2nc(CCOCC3CC3)no2)C1. The van der Waals surface area contributed by atoms with E-state index in [4.69, 9.17) is 13.7 Å². The Kier molecular flexibility index (Phi) is 5.12. The van der Waals surface area contributed by atoms with Gasteiger partial charge >= 0.3 is 5.76 Å². The molecule has 1 saturated heterocycles. The number of amides is 1. The molecule has 2 fully saturated rings. The maximum absolute atomic E-state index is 12.8. The minimum atomic E-state index is -0.522. The number of aromatic nitrogens is 3. The van der Waals surface area contributed by atoms with E-state index in [-0.39, 0.29) is 18.4 Å². The van der Waals surface area contributed by atoms with Gasteiger partial charge in [0.25, 0.3) is 0 Å². The van der Waals surface area contributed by atoms with Gasteiger partial charge in [-0.3, -0.25) is 9.36 Å². The van der Waals surface area contributed by atoms with E-state index in [0.29, 0.717) is 48.9 Å². The van der Waals surface area contributed by atoms with Gasteiger partial charge in [-0.2, -0.15) is 4.98 Å². The molecule has 5 rings (SSSR count). The number of carbonyl (C=O) groups is 1.